The van der Waals surface area contributed by atoms with Crippen LogP contribution < -0.4 is 10.3 Å². The number of rotatable bonds is 7. The standard InChI is InChI=1S/C46H47N5O9/c1-5-30-32-16-29(9-10-37(32)47-41-34(30)23-51-38(41)18-36-35(43(51)55)24-59-44(56)46(36,58)6-2)60-45(57)49-13-11-48(12-14-49)20-26-7-8-27-21-50(22-28(27)15-26)42(54)33-17-31(25(3)4)39(52)19-40(33)53/h7-10,15-19,25,52-53,58H,5-6,11-14,20-24H2,1-4H3. The van der Waals surface area contributed by atoms with Crippen molar-refractivity contribution in [1.82, 2.24) is 24.3 Å². The van der Waals surface area contributed by atoms with Crippen LogP contribution in [-0.4, -0.2) is 83.7 Å². The SMILES string of the molecule is CCc1c2c(nc3ccc(OC(=O)N4CCN(Cc5ccc6c(c5)CN(C(=O)c5cc(C(C)C)c(O)cc5O)C6)CC4)cc13)-c1cc3c(c(=O)n1C2)COC(=O)C3(O)CC. The average Bonchev–Trinajstić information content (AvgIpc) is 3.83. The smallest absolute Gasteiger partial charge is 0.415 e. The third-order valence-corrected chi connectivity index (χ3v) is 12.7. The number of hydrogen-bond acceptors (Lipinski definition) is 11. The zero-order chi connectivity index (χ0) is 42.2. The lowest BCUT2D eigenvalue weighted by Gasteiger charge is -2.34. The van der Waals surface area contributed by atoms with E-state index in [0.29, 0.717) is 80.5 Å². The Hall–Kier alpha value is -6.25. The molecule has 1 fully saturated rings. The predicted molar refractivity (Wildman–Crippen MR) is 221 cm³/mol. The second kappa shape index (κ2) is 14.8. The van der Waals surface area contributed by atoms with Gasteiger partial charge >= 0.3 is 12.1 Å². The molecular formula is C46H47N5O9. The fourth-order valence-corrected chi connectivity index (χ4v) is 9.21. The van der Waals surface area contributed by atoms with Gasteiger partial charge in [0, 0.05) is 68.4 Å². The maximum Gasteiger partial charge on any atom is 0.415 e. The molecule has 2 amide bonds. The molecule has 4 aliphatic rings. The number of ether oxygens (including phenoxy) is 2. The van der Waals surface area contributed by atoms with Gasteiger partial charge < -0.3 is 39.2 Å². The van der Waals surface area contributed by atoms with E-state index in [0.717, 1.165) is 33.2 Å². The monoisotopic (exact) mass is 813 g/mol. The Morgan fingerprint density at radius 2 is 1.65 bits per heavy atom. The number of phenolic OH excluding ortho intramolecular Hbond substituents is 2. The Balaban J connectivity index is 0.847. The zero-order valence-electron chi connectivity index (χ0n) is 34.1. The van der Waals surface area contributed by atoms with Gasteiger partial charge in [-0.25, -0.2) is 14.6 Å². The number of piperazine rings is 1. The molecule has 1 saturated heterocycles. The molecule has 0 aliphatic carbocycles. The number of carbonyl (C=O) groups is 3. The van der Waals surface area contributed by atoms with Crippen LogP contribution in [0.1, 0.15) is 94.9 Å². The van der Waals surface area contributed by atoms with E-state index in [1.54, 1.807) is 45.6 Å². The maximum absolute atomic E-state index is 13.7. The van der Waals surface area contributed by atoms with Gasteiger partial charge in [-0.15, -0.1) is 0 Å². The fraction of sp³-hybridized carbons (Fsp3) is 0.370. The summed E-state index contributed by atoms with van der Waals surface area (Å²) >= 11 is 0. The van der Waals surface area contributed by atoms with Crippen molar-refractivity contribution in [2.75, 3.05) is 26.2 Å². The number of aromatic nitrogens is 2. The second-order valence-corrected chi connectivity index (χ2v) is 16.5. The lowest BCUT2D eigenvalue weighted by molar-refractivity contribution is -0.172. The van der Waals surface area contributed by atoms with Gasteiger partial charge in [-0.05, 0) is 76.9 Å². The second-order valence-electron chi connectivity index (χ2n) is 16.5. The minimum atomic E-state index is -1.90. The number of carbonyl (C=O) groups excluding carboxylic acids is 3. The summed E-state index contributed by atoms with van der Waals surface area (Å²) in [4.78, 5) is 63.9. The van der Waals surface area contributed by atoms with Gasteiger partial charge in [-0.3, -0.25) is 14.5 Å². The Morgan fingerprint density at radius 1 is 0.883 bits per heavy atom. The molecule has 6 heterocycles. The van der Waals surface area contributed by atoms with Crippen LogP contribution in [0.15, 0.2) is 59.4 Å². The molecule has 1 atom stereocenters. The number of amides is 2. The number of aliphatic hydroxyl groups is 1. The summed E-state index contributed by atoms with van der Waals surface area (Å²) in [6.45, 7) is 11.5. The van der Waals surface area contributed by atoms with Crippen LogP contribution in [0.3, 0.4) is 0 Å². The molecule has 310 valence electrons. The number of fused-ring (bicyclic) bond motifs is 6. The summed E-state index contributed by atoms with van der Waals surface area (Å²) in [5.74, 6) is -0.924. The van der Waals surface area contributed by atoms with E-state index in [1.165, 1.54) is 6.07 Å². The van der Waals surface area contributed by atoms with Crippen LogP contribution in [0.4, 0.5) is 4.79 Å². The van der Waals surface area contributed by atoms with Gasteiger partial charge in [0.1, 0.15) is 23.9 Å². The predicted octanol–water partition coefficient (Wildman–Crippen LogP) is 5.65. The number of pyridine rings is 2. The van der Waals surface area contributed by atoms with Gasteiger partial charge in [0.15, 0.2) is 5.60 Å². The van der Waals surface area contributed by atoms with Crippen molar-refractivity contribution in [3.05, 3.63) is 115 Å². The Kier molecular flexibility index (Phi) is 9.67. The minimum absolute atomic E-state index is 0.0107. The number of benzene rings is 3. The molecule has 0 radical (unpaired) electrons. The molecule has 3 aromatic carbocycles. The molecule has 60 heavy (non-hydrogen) atoms. The highest BCUT2D eigenvalue weighted by atomic mass is 16.6. The number of esters is 1. The van der Waals surface area contributed by atoms with Crippen LogP contribution in [0.25, 0.3) is 22.3 Å². The number of cyclic esters (lactones) is 1. The van der Waals surface area contributed by atoms with Gasteiger partial charge in [0.05, 0.1) is 34.6 Å². The molecule has 4 aliphatic heterocycles. The molecule has 5 aromatic rings. The molecule has 14 nitrogen and oxygen atoms in total. The van der Waals surface area contributed by atoms with E-state index < -0.39 is 17.7 Å². The molecule has 9 rings (SSSR count). The number of phenols is 2. The van der Waals surface area contributed by atoms with Crippen LogP contribution in [0.5, 0.6) is 17.2 Å². The van der Waals surface area contributed by atoms with Crippen molar-refractivity contribution >= 4 is 28.9 Å². The van der Waals surface area contributed by atoms with E-state index in [4.69, 9.17) is 14.5 Å². The van der Waals surface area contributed by atoms with E-state index >= 15 is 0 Å². The average molecular weight is 814 g/mol. The Labute approximate surface area is 346 Å². The van der Waals surface area contributed by atoms with Crippen molar-refractivity contribution < 1.29 is 39.2 Å². The summed E-state index contributed by atoms with van der Waals surface area (Å²) in [6.07, 6.45) is 0.261. The van der Waals surface area contributed by atoms with E-state index in [1.807, 2.05) is 26.8 Å². The van der Waals surface area contributed by atoms with Gasteiger partial charge in [0.25, 0.3) is 11.5 Å². The Morgan fingerprint density at radius 3 is 2.38 bits per heavy atom. The summed E-state index contributed by atoms with van der Waals surface area (Å²) in [6, 6.07) is 16.1. The van der Waals surface area contributed by atoms with Crippen molar-refractivity contribution in [2.45, 2.75) is 84.8 Å². The zero-order valence-corrected chi connectivity index (χ0v) is 34.1. The molecular weight excluding hydrogens is 767 g/mol. The molecule has 0 spiro atoms. The highest BCUT2D eigenvalue weighted by molar-refractivity contribution is 5.97. The van der Waals surface area contributed by atoms with Crippen molar-refractivity contribution in [3.8, 4) is 28.6 Å². The first-order valence-corrected chi connectivity index (χ1v) is 20.6. The fourth-order valence-electron chi connectivity index (χ4n) is 9.21. The highest BCUT2D eigenvalue weighted by Gasteiger charge is 2.45. The van der Waals surface area contributed by atoms with Gasteiger partial charge in [-0.2, -0.15) is 0 Å². The van der Waals surface area contributed by atoms with Crippen LogP contribution in [0.2, 0.25) is 0 Å². The van der Waals surface area contributed by atoms with Gasteiger partial charge in [-0.1, -0.05) is 45.9 Å². The van der Waals surface area contributed by atoms with Crippen LogP contribution >= 0.6 is 0 Å². The topological polar surface area (TPSA) is 175 Å². The summed E-state index contributed by atoms with van der Waals surface area (Å²) < 4.78 is 12.8. The molecule has 2 aromatic heterocycles. The summed E-state index contributed by atoms with van der Waals surface area (Å²) in [7, 11) is 0. The van der Waals surface area contributed by atoms with Crippen LogP contribution in [-0.2, 0) is 54.3 Å². The molecule has 14 heteroatoms. The van der Waals surface area contributed by atoms with Gasteiger partial charge in [0.2, 0.25) is 0 Å². The minimum Gasteiger partial charge on any atom is -0.508 e. The molecule has 1 unspecified atom stereocenters. The van der Waals surface area contributed by atoms with E-state index in [2.05, 4.69) is 23.1 Å². The van der Waals surface area contributed by atoms with Crippen LogP contribution in [0, 0.1) is 0 Å². The molecule has 3 N–H and O–H groups in total. The van der Waals surface area contributed by atoms with E-state index in [-0.39, 0.29) is 65.1 Å². The van der Waals surface area contributed by atoms with Crippen molar-refractivity contribution in [2.24, 2.45) is 0 Å². The Bertz CT molecular complexity index is 2700. The maximum atomic E-state index is 13.7. The third-order valence-electron chi connectivity index (χ3n) is 12.7. The molecule has 0 bridgehead atoms. The van der Waals surface area contributed by atoms with E-state index in [9.17, 15) is 34.5 Å². The first-order valence-electron chi connectivity index (χ1n) is 20.6. The molecule has 0 saturated carbocycles. The highest BCUT2D eigenvalue weighted by Crippen LogP contribution is 2.41. The number of hydrogen-bond donors (Lipinski definition) is 3. The summed E-state index contributed by atoms with van der Waals surface area (Å²) in [5.41, 5.74) is 6.03. The quantitative estimate of drug-likeness (QED) is 0.170. The lowest BCUT2D eigenvalue weighted by atomic mass is 9.86. The lowest BCUT2D eigenvalue weighted by Crippen LogP contribution is -2.49. The first-order chi connectivity index (χ1) is 28.8. The van der Waals surface area contributed by atoms with Crippen molar-refractivity contribution in [1.29, 1.82) is 0 Å². The number of nitrogens with zero attached hydrogens (tertiary/aromatic N) is 5. The first kappa shape index (κ1) is 39.2. The number of aromatic hydroxyl groups is 2. The summed E-state index contributed by atoms with van der Waals surface area (Å²) in [5, 5.41) is 32.8. The largest absolute Gasteiger partial charge is 0.508 e. The third kappa shape index (κ3) is 6.45. The number of aryl methyl sites for hydroxylation is 1. The normalized spacial score (nSPS) is 18.3. The van der Waals surface area contributed by atoms with Crippen molar-refractivity contribution in [3.63, 3.8) is 0 Å².